The Morgan fingerprint density at radius 2 is 1.76 bits per heavy atom. The predicted octanol–water partition coefficient (Wildman–Crippen LogP) is 5.81. The van der Waals surface area contributed by atoms with Crippen LogP contribution in [-0.2, 0) is 13.0 Å². The van der Waals surface area contributed by atoms with Crippen LogP contribution in [0.4, 0.5) is 10.5 Å². The van der Waals surface area contributed by atoms with Crippen molar-refractivity contribution in [1.82, 2.24) is 9.47 Å². The van der Waals surface area contributed by atoms with Crippen molar-refractivity contribution in [3.05, 3.63) is 89.2 Å². The van der Waals surface area contributed by atoms with Crippen molar-refractivity contribution in [3.63, 3.8) is 0 Å². The van der Waals surface area contributed by atoms with Crippen molar-refractivity contribution >= 4 is 11.7 Å². The van der Waals surface area contributed by atoms with E-state index in [0.717, 1.165) is 29.9 Å². The van der Waals surface area contributed by atoms with Crippen LogP contribution < -0.4 is 5.32 Å². The average molecular weight is 388 g/mol. The molecule has 1 aliphatic rings. The number of aromatic nitrogens is 1. The fourth-order valence-corrected chi connectivity index (χ4v) is 4.04. The molecule has 1 unspecified atom stereocenters. The van der Waals surface area contributed by atoms with Gasteiger partial charge in [-0.25, -0.2) is 4.79 Å². The van der Waals surface area contributed by atoms with Crippen LogP contribution in [-0.4, -0.2) is 22.0 Å². The number of carbonyl (C=O) groups is 1. The van der Waals surface area contributed by atoms with Gasteiger partial charge in [0, 0.05) is 30.7 Å². The van der Waals surface area contributed by atoms with Crippen molar-refractivity contribution in [2.45, 2.75) is 45.7 Å². The number of rotatable bonds is 4. The highest BCUT2D eigenvalue weighted by Crippen LogP contribution is 2.33. The Balaban J connectivity index is 1.62. The number of hydrogen-bond donors (Lipinski definition) is 1. The van der Waals surface area contributed by atoms with Crippen LogP contribution in [0.5, 0.6) is 0 Å². The molecule has 1 aliphatic heterocycles. The Morgan fingerprint density at radius 1 is 1.03 bits per heavy atom. The number of anilines is 1. The molecule has 0 aliphatic carbocycles. The summed E-state index contributed by atoms with van der Waals surface area (Å²) < 4.78 is 2.25. The van der Waals surface area contributed by atoms with Crippen LogP contribution in [0.15, 0.2) is 66.9 Å². The molecule has 150 valence electrons. The van der Waals surface area contributed by atoms with Crippen molar-refractivity contribution < 1.29 is 4.79 Å². The first-order valence-corrected chi connectivity index (χ1v) is 10.5. The summed E-state index contributed by atoms with van der Waals surface area (Å²) in [6.45, 7) is 8.02. The molecular weight excluding hydrogens is 358 g/mol. The number of nitrogens with one attached hydrogen (secondary N) is 1. The van der Waals surface area contributed by atoms with Gasteiger partial charge in [-0.1, -0.05) is 57.2 Å². The lowest BCUT2D eigenvalue weighted by molar-refractivity contribution is 0.182. The second-order valence-electron chi connectivity index (χ2n) is 8.02. The smallest absolute Gasteiger partial charge is 0.322 e. The molecule has 0 spiro atoms. The van der Waals surface area contributed by atoms with E-state index in [9.17, 15) is 4.79 Å². The molecule has 29 heavy (non-hydrogen) atoms. The van der Waals surface area contributed by atoms with Gasteiger partial charge in [0.05, 0.1) is 6.04 Å². The number of nitrogens with zero attached hydrogens (tertiary/aromatic N) is 2. The Morgan fingerprint density at radius 3 is 2.41 bits per heavy atom. The lowest BCUT2D eigenvalue weighted by atomic mass is 9.96. The predicted molar refractivity (Wildman–Crippen MR) is 118 cm³/mol. The lowest BCUT2D eigenvalue weighted by Gasteiger charge is -2.37. The molecule has 2 aromatic carbocycles. The number of carbonyl (C=O) groups excluding carboxylic acids is 1. The quantitative estimate of drug-likeness (QED) is 0.602. The van der Waals surface area contributed by atoms with Gasteiger partial charge in [-0.3, -0.25) is 0 Å². The van der Waals surface area contributed by atoms with E-state index in [4.69, 9.17) is 0 Å². The van der Waals surface area contributed by atoms with Crippen LogP contribution in [0.25, 0.3) is 0 Å². The number of benzene rings is 2. The van der Waals surface area contributed by atoms with Crippen molar-refractivity contribution in [3.8, 4) is 0 Å². The minimum absolute atomic E-state index is 0.0559. The fourth-order valence-electron chi connectivity index (χ4n) is 4.04. The summed E-state index contributed by atoms with van der Waals surface area (Å²) in [6.07, 6.45) is 3.09. The third-order valence-corrected chi connectivity index (χ3v) is 5.83. The van der Waals surface area contributed by atoms with E-state index in [2.05, 4.69) is 85.4 Å². The normalized spacial score (nSPS) is 16.0. The third-order valence-electron chi connectivity index (χ3n) is 5.83. The first kappa shape index (κ1) is 19.3. The first-order chi connectivity index (χ1) is 14.1. The zero-order valence-electron chi connectivity index (χ0n) is 17.4. The van der Waals surface area contributed by atoms with Gasteiger partial charge in [0.15, 0.2) is 0 Å². The summed E-state index contributed by atoms with van der Waals surface area (Å²) in [7, 11) is 0. The molecule has 4 rings (SSSR count). The van der Waals surface area contributed by atoms with Crippen LogP contribution in [0.1, 0.15) is 55.1 Å². The summed E-state index contributed by atoms with van der Waals surface area (Å²) in [5.41, 5.74) is 5.71. The van der Waals surface area contributed by atoms with Gasteiger partial charge in [-0.05, 0) is 53.3 Å². The summed E-state index contributed by atoms with van der Waals surface area (Å²) in [5.74, 6) is 0.491. The molecule has 1 aromatic heterocycles. The maximum absolute atomic E-state index is 13.2. The highest BCUT2D eigenvalue weighted by Gasteiger charge is 2.32. The molecule has 4 heteroatoms. The number of urea groups is 1. The molecule has 0 radical (unpaired) electrons. The maximum Gasteiger partial charge on any atom is 0.322 e. The van der Waals surface area contributed by atoms with E-state index in [1.165, 1.54) is 11.1 Å². The fraction of sp³-hybridized carbons (Fsp3) is 0.320. The first-order valence-electron chi connectivity index (χ1n) is 10.5. The maximum atomic E-state index is 13.2. The van der Waals surface area contributed by atoms with Crippen molar-refractivity contribution in [2.75, 3.05) is 11.9 Å². The Hall–Kier alpha value is -3.01. The minimum atomic E-state index is -0.0881. The largest absolute Gasteiger partial charge is 0.348 e. The number of hydrogen-bond acceptors (Lipinski definition) is 1. The zero-order valence-corrected chi connectivity index (χ0v) is 17.4. The van der Waals surface area contributed by atoms with E-state index in [-0.39, 0.29) is 12.1 Å². The number of fused-ring (bicyclic) bond motifs is 1. The molecule has 0 fully saturated rings. The van der Waals surface area contributed by atoms with Crippen LogP contribution in [0.2, 0.25) is 0 Å². The second-order valence-corrected chi connectivity index (χ2v) is 8.02. The molecule has 4 nitrogen and oxygen atoms in total. The number of amides is 2. The van der Waals surface area contributed by atoms with Gasteiger partial charge in [0.25, 0.3) is 0 Å². The topological polar surface area (TPSA) is 37.3 Å². The van der Waals surface area contributed by atoms with Gasteiger partial charge in [-0.15, -0.1) is 0 Å². The molecule has 3 aromatic rings. The van der Waals surface area contributed by atoms with E-state index < -0.39 is 0 Å². The summed E-state index contributed by atoms with van der Waals surface area (Å²) in [6, 6.07) is 20.8. The average Bonchev–Trinajstić information content (AvgIpc) is 3.22. The Bertz CT molecular complexity index is 970. The van der Waals surface area contributed by atoms with Gasteiger partial charge in [0.2, 0.25) is 0 Å². The van der Waals surface area contributed by atoms with Gasteiger partial charge < -0.3 is 14.8 Å². The van der Waals surface area contributed by atoms with E-state index >= 15 is 0 Å². The van der Waals surface area contributed by atoms with E-state index in [0.29, 0.717) is 12.5 Å². The molecule has 2 heterocycles. The van der Waals surface area contributed by atoms with Crippen LogP contribution in [0, 0.1) is 0 Å². The Labute approximate surface area is 173 Å². The van der Waals surface area contributed by atoms with Gasteiger partial charge >= 0.3 is 6.03 Å². The Kier molecular flexibility index (Phi) is 5.43. The van der Waals surface area contributed by atoms with Crippen molar-refractivity contribution in [2.24, 2.45) is 0 Å². The number of aryl methyl sites for hydroxylation is 1. The summed E-state index contributed by atoms with van der Waals surface area (Å²) in [5, 5.41) is 3.09. The lowest BCUT2D eigenvalue weighted by Crippen LogP contribution is -2.44. The highest BCUT2D eigenvalue weighted by atomic mass is 16.2. The standard InChI is InChI=1S/C25H29N3O/c1-4-19-7-13-22(14-8-19)26-25(29)28-17-16-27-15-5-6-23(27)24(28)21-11-9-20(10-12-21)18(2)3/h5-15,18,24H,4,16-17H2,1-3H3,(H,26,29). The van der Waals surface area contributed by atoms with Crippen LogP contribution >= 0.6 is 0 Å². The molecule has 0 bridgehead atoms. The molecular formula is C25H29N3O. The molecule has 0 saturated carbocycles. The second kappa shape index (κ2) is 8.16. The minimum Gasteiger partial charge on any atom is -0.348 e. The summed E-state index contributed by atoms with van der Waals surface area (Å²) >= 11 is 0. The van der Waals surface area contributed by atoms with Crippen molar-refractivity contribution in [1.29, 1.82) is 0 Å². The van der Waals surface area contributed by atoms with Crippen LogP contribution in [0.3, 0.4) is 0 Å². The summed E-state index contributed by atoms with van der Waals surface area (Å²) in [4.78, 5) is 15.2. The molecule has 0 saturated heterocycles. The van der Waals surface area contributed by atoms with E-state index in [1.54, 1.807) is 0 Å². The zero-order chi connectivity index (χ0) is 20.4. The van der Waals surface area contributed by atoms with Gasteiger partial charge in [-0.2, -0.15) is 0 Å². The van der Waals surface area contributed by atoms with Gasteiger partial charge in [0.1, 0.15) is 0 Å². The third kappa shape index (κ3) is 3.93. The molecule has 2 amide bonds. The SMILES string of the molecule is CCc1ccc(NC(=O)N2CCn3cccc3C2c2ccc(C(C)C)cc2)cc1. The van der Waals surface area contributed by atoms with E-state index in [1.807, 2.05) is 17.0 Å². The molecule has 1 atom stereocenters. The monoisotopic (exact) mass is 387 g/mol. The molecule has 1 N–H and O–H groups in total. The highest BCUT2D eigenvalue weighted by molar-refractivity contribution is 5.90.